The first-order chi connectivity index (χ1) is 17.4. The maximum Gasteiger partial charge on any atom is 0.261 e. The van der Waals surface area contributed by atoms with Crippen molar-refractivity contribution < 1.29 is 18.0 Å². The molecule has 3 N–H and O–H groups in total. The number of anilines is 2. The van der Waals surface area contributed by atoms with Crippen LogP contribution < -0.4 is 15.4 Å². The highest BCUT2D eigenvalue weighted by molar-refractivity contribution is 7.92. The van der Waals surface area contributed by atoms with Crippen molar-refractivity contribution in [1.82, 2.24) is 5.32 Å². The van der Waals surface area contributed by atoms with Crippen molar-refractivity contribution in [1.29, 1.82) is 0 Å². The topological polar surface area (TPSA) is 104 Å². The maximum atomic E-state index is 12.8. The zero-order chi connectivity index (χ0) is 25.4. The second-order valence-corrected chi connectivity index (χ2v) is 9.67. The van der Waals surface area contributed by atoms with Crippen LogP contribution in [-0.4, -0.2) is 26.8 Å². The SMILES string of the molecule is O=C(Nc1ccccc1C(=O)NCCc1ccccc1)c1ccc(NS(=O)(=O)c2ccccc2)cc1. The summed E-state index contributed by atoms with van der Waals surface area (Å²) in [5.41, 5.74) is 2.50. The molecule has 0 aromatic heterocycles. The van der Waals surface area contributed by atoms with Crippen molar-refractivity contribution >= 4 is 33.2 Å². The van der Waals surface area contributed by atoms with Gasteiger partial charge in [-0.2, -0.15) is 0 Å². The van der Waals surface area contributed by atoms with Gasteiger partial charge in [-0.05, 0) is 60.5 Å². The molecule has 0 atom stereocenters. The maximum absolute atomic E-state index is 12.8. The molecule has 0 unspecified atom stereocenters. The number of benzene rings is 4. The van der Waals surface area contributed by atoms with Gasteiger partial charge in [-0.15, -0.1) is 0 Å². The molecule has 0 saturated carbocycles. The second kappa shape index (κ2) is 11.3. The Morgan fingerprint density at radius 2 is 1.28 bits per heavy atom. The Bertz CT molecular complexity index is 1440. The van der Waals surface area contributed by atoms with Crippen LogP contribution in [0.2, 0.25) is 0 Å². The van der Waals surface area contributed by atoms with Crippen LogP contribution in [-0.2, 0) is 16.4 Å². The minimum atomic E-state index is -3.73. The standard InChI is InChI=1S/C28H25N3O4S/c32-27(22-15-17-23(18-16-22)31-36(34,35)24-11-5-2-6-12-24)30-26-14-8-7-13-25(26)28(33)29-20-19-21-9-3-1-4-10-21/h1-18,31H,19-20H2,(H,29,33)(H,30,32). The average molecular weight is 500 g/mol. The Morgan fingerprint density at radius 1 is 0.667 bits per heavy atom. The number of carbonyl (C=O) groups excluding carboxylic acids is 2. The second-order valence-electron chi connectivity index (χ2n) is 7.99. The van der Waals surface area contributed by atoms with E-state index in [1.165, 1.54) is 36.4 Å². The summed E-state index contributed by atoms with van der Waals surface area (Å²) in [5.74, 6) is -0.704. The molecule has 7 nitrogen and oxygen atoms in total. The van der Waals surface area contributed by atoms with E-state index >= 15 is 0 Å². The number of carbonyl (C=O) groups is 2. The Kier molecular flexibility index (Phi) is 7.77. The molecule has 0 aliphatic heterocycles. The van der Waals surface area contributed by atoms with Gasteiger partial charge in [-0.3, -0.25) is 14.3 Å². The number of sulfonamides is 1. The van der Waals surface area contributed by atoms with Crippen molar-refractivity contribution in [2.45, 2.75) is 11.3 Å². The van der Waals surface area contributed by atoms with Crippen LogP contribution in [0.25, 0.3) is 0 Å². The number of amides is 2. The Hall–Kier alpha value is -4.43. The number of hydrogen-bond acceptors (Lipinski definition) is 4. The molecule has 0 aliphatic carbocycles. The molecule has 4 rings (SSSR count). The van der Waals surface area contributed by atoms with Crippen LogP contribution in [0.4, 0.5) is 11.4 Å². The molecule has 36 heavy (non-hydrogen) atoms. The zero-order valence-electron chi connectivity index (χ0n) is 19.3. The van der Waals surface area contributed by atoms with Crippen LogP contribution in [0.5, 0.6) is 0 Å². The molecule has 0 radical (unpaired) electrons. The highest BCUT2D eigenvalue weighted by atomic mass is 32.2. The summed E-state index contributed by atoms with van der Waals surface area (Å²) in [6.07, 6.45) is 0.696. The lowest BCUT2D eigenvalue weighted by Gasteiger charge is -2.12. The number of hydrogen-bond donors (Lipinski definition) is 3. The van der Waals surface area contributed by atoms with E-state index in [1.807, 2.05) is 30.3 Å². The Labute approximate surface area is 210 Å². The van der Waals surface area contributed by atoms with Gasteiger partial charge in [0, 0.05) is 17.8 Å². The summed E-state index contributed by atoms with van der Waals surface area (Å²) in [7, 11) is -3.73. The first-order valence-corrected chi connectivity index (χ1v) is 12.8. The summed E-state index contributed by atoms with van der Waals surface area (Å²) in [5, 5.41) is 5.66. The summed E-state index contributed by atoms with van der Waals surface area (Å²) in [4.78, 5) is 25.7. The van der Waals surface area contributed by atoms with Crippen molar-refractivity contribution in [3.8, 4) is 0 Å². The van der Waals surface area contributed by atoms with Crippen LogP contribution in [0.1, 0.15) is 26.3 Å². The monoisotopic (exact) mass is 499 g/mol. The number of nitrogens with one attached hydrogen (secondary N) is 3. The normalized spacial score (nSPS) is 10.9. The smallest absolute Gasteiger partial charge is 0.261 e. The zero-order valence-corrected chi connectivity index (χ0v) is 20.2. The Balaban J connectivity index is 1.39. The van der Waals surface area contributed by atoms with Crippen molar-refractivity contribution in [3.05, 3.63) is 126 Å². The summed E-state index contributed by atoms with van der Waals surface area (Å²) >= 11 is 0. The van der Waals surface area contributed by atoms with E-state index < -0.39 is 15.9 Å². The molecule has 0 bridgehead atoms. The molecule has 0 aliphatic rings. The van der Waals surface area contributed by atoms with Gasteiger partial charge in [0.05, 0.1) is 16.1 Å². The molecular formula is C28H25N3O4S. The van der Waals surface area contributed by atoms with Crippen LogP contribution >= 0.6 is 0 Å². The largest absolute Gasteiger partial charge is 0.352 e. The van der Waals surface area contributed by atoms with E-state index in [2.05, 4.69) is 15.4 Å². The lowest BCUT2D eigenvalue weighted by Crippen LogP contribution is -2.27. The summed E-state index contributed by atoms with van der Waals surface area (Å²) in [6, 6.07) is 30.7. The highest BCUT2D eigenvalue weighted by Crippen LogP contribution is 2.19. The van der Waals surface area contributed by atoms with E-state index in [9.17, 15) is 18.0 Å². The summed E-state index contributed by atoms with van der Waals surface area (Å²) in [6.45, 7) is 0.464. The van der Waals surface area contributed by atoms with Gasteiger partial charge >= 0.3 is 0 Å². The van der Waals surface area contributed by atoms with Crippen LogP contribution in [0.3, 0.4) is 0 Å². The molecule has 0 fully saturated rings. The van der Waals surface area contributed by atoms with Gasteiger partial charge in [0.25, 0.3) is 21.8 Å². The molecule has 4 aromatic carbocycles. The first kappa shape index (κ1) is 24.7. The number of rotatable bonds is 9. The molecule has 8 heteroatoms. The third kappa shape index (κ3) is 6.37. The molecule has 2 amide bonds. The highest BCUT2D eigenvalue weighted by Gasteiger charge is 2.16. The first-order valence-electron chi connectivity index (χ1n) is 11.3. The number of para-hydroxylation sites is 1. The average Bonchev–Trinajstić information content (AvgIpc) is 2.90. The molecule has 0 heterocycles. The minimum absolute atomic E-state index is 0.144. The quantitative estimate of drug-likeness (QED) is 0.310. The third-order valence-corrected chi connectivity index (χ3v) is 6.81. The minimum Gasteiger partial charge on any atom is -0.352 e. The van der Waals surface area contributed by atoms with Gasteiger partial charge in [0.1, 0.15) is 0 Å². The van der Waals surface area contributed by atoms with Crippen LogP contribution in [0.15, 0.2) is 114 Å². The van der Waals surface area contributed by atoms with Crippen molar-refractivity contribution in [3.63, 3.8) is 0 Å². The summed E-state index contributed by atoms with van der Waals surface area (Å²) < 4.78 is 27.5. The van der Waals surface area contributed by atoms with E-state index in [0.29, 0.717) is 35.5 Å². The van der Waals surface area contributed by atoms with Crippen molar-refractivity contribution in [2.75, 3.05) is 16.6 Å². The molecule has 182 valence electrons. The lowest BCUT2D eigenvalue weighted by atomic mass is 10.1. The van der Waals surface area contributed by atoms with Gasteiger partial charge in [-0.25, -0.2) is 8.42 Å². The van der Waals surface area contributed by atoms with E-state index in [4.69, 9.17) is 0 Å². The molecular weight excluding hydrogens is 474 g/mol. The fourth-order valence-corrected chi connectivity index (χ4v) is 4.63. The van der Waals surface area contributed by atoms with Gasteiger partial charge in [0.15, 0.2) is 0 Å². The van der Waals surface area contributed by atoms with E-state index in [-0.39, 0.29) is 10.8 Å². The predicted molar refractivity (Wildman–Crippen MR) is 141 cm³/mol. The fraction of sp³-hybridized carbons (Fsp3) is 0.0714. The van der Waals surface area contributed by atoms with E-state index in [0.717, 1.165) is 5.56 Å². The predicted octanol–water partition coefficient (Wildman–Crippen LogP) is 4.71. The van der Waals surface area contributed by atoms with Crippen LogP contribution in [0, 0.1) is 0 Å². The van der Waals surface area contributed by atoms with Gasteiger partial charge in [-0.1, -0.05) is 60.7 Å². The molecule has 4 aromatic rings. The van der Waals surface area contributed by atoms with E-state index in [1.54, 1.807) is 42.5 Å². The van der Waals surface area contributed by atoms with Gasteiger partial charge in [0.2, 0.25) is 0 Å². The third-order valence-electron chi connectivity index (χ3n) is 5.41. The molecule has 0 spiro atoms. The lowest BCUT2D eigenvalue weighted by molar-refractivity contribution is 0.0955. The van der Waals surface area contributed by atoms with Crippen molar-refractivity contribution in [2.24, 2.45) is 0 Å². The van der Waals surface area contributed by atoms with Gasteiger partial charge < -0.3 is 10.6 Å². The molecule has 0 saturated heterocycles. The Morgan fingerprint density at radius 3 is 1.97 bits per heavy atom. The fourth-order valence-electron chi connectivity index (χ4n) is 3.55.